The summed E-state index contributed by atoms with van der Waals surface area (Å²) in [4.78, 5) is 12.4. The van der Waals surface area contributed by atoms with Gasteiger partial charge in [0.1, 0.15) is 0 Å². The third-order valence-corrected chi connectivity index (χ3v) is 3.52. The molecule has 0 bridgehead atoms. The third kappa shape index (κ3) is 2.50. The van der Waals surface area contributed by atoms with E-state index in [-0.39, 0.29) is 12.7 Å². The number of benzene rings is 2. The van der Waals surface area contributed by atoms with E-state index in [1.54, 1.807) is 24.4 Å². The monoisotopic (exact) mass is 308 g/mol. The minimum Gasteiger partial charge on any atom is -0.454 e. The standard InChI is InChI=1S/C17H12N2O4/c20-16(12-6-7-14-15(8-12)22-10-21-14)19-17-13(9-18-23-17)11-4-2-1-3-5-11/h1-9H,10H2,(H,19,20). The lowest BCUT2D eigenvalue weighted by molar-refractivity contribution is 0.102. The van der Waals surface area contributed by atoms with Crippen molar-refractivity contribution in [2.24, 2.45) is 0 Å². The molecule has 3 aromatic rings. The number of anilines is 1. The van der Waals surface area contributed by atoms with Crippen molar-refractivity contribution in [3.8, 4) is 22.6 Å². The van der Waals surface area contributed by atoms with E-state index < -0.39 is 0 Å². The summed E-state index contributed by atoms with van der Waals surface area (Å²) in [5.41, 5.74) is 2.08. The molecule has 0 saturated carbocycles. The number of aromatic nitrogens is 1. The summed E-state index contributed by atoms with van der Waals surface area (Å²) in [7, 11) is 0. The van der Waals surface area contributed by atoms with Crippen molar-refractivity contribution in [3.63, 3.8) is 0 Å². The van der Waals surface area contributed by atoms with E-state index in [2.05, 4.69) is 10.5 Å². The fourth-order valence-corrected chi connectivity index (χ4v) is 2.37. The van der Waals surface area contributed by atoms with Gasteiger partial charge in [-0.3, -0.25) is 10.1 Å². The lowest BCUT2D eigenvalue weighted by atomic mass is 10.1. The van der Waals surface area contributed by atoms with Crippen molar-refractivity contribution < 1.29 is 18.8 Å². The molecule has 0 fully saturated rings. The molecule has 2 aromatic carbocycles. The van der Waals surface area contributed by atoms with Crippen LogP contribution in [0.15, 0.2) is 59.3 Å². The van der Waals surface area contributed by atoms with Crippen LogP contribution in [-0.2, 0) is 0 Å². The van der Waals surface area contributed by atoms with Crippen LogP contribution in [0.4, 0.5) is 5.88 Å². The molecular formula is C17H12N2O4. The third-order valence-electron chi connectivity index (χ3n) is 3.52. The zero-order valence-corrected chi connectivity index (χ0v) is 12.0. The highest BCUT2D eigenvalue weighted by atomic mass is 16.7. The number of carbonyl (C=O) groups is 1. The van der Waals surface area contributed by atoms with Gasteiger partial charge in [0.05, 0.1) is 11.8 Å². The molecule has 2 heterocycles. The molecule has 0 aliphatic carbocycles. The second-order valence-electron chi connectivity index (χ2n) is 4.96. The van der Waals surface area contributed by atoms with Gasteiger partial charge in [0.15, 0.2) is 11.5 Å². The molecule has 6 heteroatoms. The second kappa shape index (κ2) is 5.49. The van der Waals surface area contributed by atoms with E-state index in [9.17, 15) is 4.79 Å². The number of hydrogen-bond donors (Lipinski definition) is 1. The van der Waals surface area contributed by atoms with Gasteiger partial charge in [0, 0.05) is 5.56 Å². The van der Waals surface area contributed by atoms with Gasteiger partial charge < -0.3 is 14.0 Å². The summed E-state index contributed by atoms with van der Waals surface area (Å²) < 4.78 is 15.7. The molecule has 23 heavy (non-hydrogen) atoms. The molecule has 0 saturated heterocycles. The van der Waals surface area contributed by atoms with Crippen LogP contribution in [0.3, 0.4) is 0 Å². The summed E-state index contributed by atoms with van der Waals surface area (Å²) in [6.07, 6.45) is 1.57. The quantitative estimate of drug-likeness (QED) is 0.803. The van der Waals surface area contributed by atoms with Crippen molar-refractivity contribution in [1.82, 2.24) is 5.16 Å². The van der Waals surface area contributed by atoms with Gasteiger partial charge in [0.2, 0.25) is 12.7 Å². The van der Waals surface area contributed by atoms with E-state index in [4.69, 9.17) is 14.0 Å². The van der Waals surface area contributed by atoms with Crippen molar-refractivity contribution in [3.05, 3.63) is 60.3 Å². The first-order valence-corrected chi connectivity index (χ1v) is 7.02. The maximum Gasteiger partial charge on any atom is 0.258 e. The number of ether oxygens (including phenoxy) is 2. The number of amides is 1. The molecule has 114 valence electrons. The van der Waals surface area contributed by atoms with Gasteiger partial charge in [-0.05, 0) is 23.8 Å². The molecule has 1 aromatic heterocycles. The Morgan fingerprint density at radius 1 is 1.04 bits per heavy atom. The zero-order chi connectivity index (χ0) is 15.6. The highest BCUT2D eigenvalue weighted by Crippen LogP contribution is 2.33. The molecule has 6 nitrogen and oxygen atoms in total. The van der Waals surface area contributed by atoms with E-state index in [1.807, 2.05) is 30.3 Å². The molecule has 0 atom stereocenters. The SMILES string of the molecule is O=C(Nc1oncc1-c1ccccc1)c1ccc2c(c1)OCO2. The van der Waals surface area contributed by atoms with Crippen molar-refractivity contribution in [2.45, 2.75) is 0 Å². The molecular weight excluding hydrogens is 296 g/mol. The van der Waals surface area contributed by atoms with E-state index >= 15 is 0 Å². The number of fused-ring (bicyclic) bond motifs is 1. The first kappa shape index (κ1) is 13.4. The summed E-state index contributed by atoms with van der Waals surface area (Å²) in [5, 5.41) is 6.50. The number of hydrogen-bond acceptors (Lipinski definition) is 5. The molecule has 0 spiro atoms. The zero-order valence-electron chi connectivity index (χ0n) is 12.0. The highest BCUT2D eigenvalue weighted by molar-refractivity contribution is 6.05. The lowest BCUT2D eigenvalue weighted by Crippen LogP contribution is -2.11. The van der Waals surface area contributed by atoms with Crippen LogP contribution in [0.1, 0.15) is 10.4 Å². The van der Waals surface area contributed by atoms with Crippen LogP contribution in [0.2, 0.25) is 0 Å². The molecule has 0 radical (unpaired) electrons. The Bertz CT molecular complexity index is 858. The summed E-state index contributed by atoms with van der Waals surface area (Å²) in [6, 6.07) is 14.6. The number of rotatable bonds is 3. The average molecular weight is 308 g/mol. The predicted molar refractivity (Wildman–Crippen MR) is 82.5 cm³/mol. The van der Waals surface area contributed by atoms with Gasteiger partial charge in [-0.2, -0.15) is 0 Å². The van der Waals surface area contributed by atoms with Crippen LogP contribution >= 0.6 is 0 Å². The van der Waals surface area contributed by atoms with Crippen molar-refractivity contribution in [1.29, 1.82) is 0 Å². The van der Waals surface area contributed by atoms with Gasteiger partial charge in [-0.15, -0.1) is 0 Å². The Hall–Kier alpha value is -3.28. The van der Waals surface area contributed by atoms with Crippen LogP contribution in [-0.4, -0.2) is 17.9 Å². The lowest BCUT2D eigenvalue weighted by Gasteiger charge is -2.05. The highest BCUT2D eigenvalue weighted by Gasteiger charge is 2.18. The smallest absolute Gasteiger partial charge is 0.258 e. The second-order valence-corrected chi connectivity index (χ2v) is 4.96. The molecule has 1 N–H and O–H groups in total. The Labute approximate surface area is 131 Å². The summed E-state index contributed by atoms with van der Waals surface area (Å²) in [6.45, 7) is 0.167. The Morgan fingerprint density at radius 3 is 2.74 bits per heavy atom. The van der Waals surface area contributed by atoms with Gasteiger partial charge in [0.25, 0.3) is 5.91 Å². The summed E-state index contributed by atoms with van der Waals surface area (Å²) in [5.74, 6) is 1.18. The van der Waals surface area contributed by atoms with Crippen LogP contribution in [0, 0.1) is 0 Å². The van der Waals surface area contributed by atoms with E-state index in [1.165, 1.54) is 0 Å². The maximum atomic E-state index is 12.4. The average Bonchev–Trinajstić information content (AvgIpc) is 3.23. The van der Waals surface area contributed by atoms with Crippen LogP contribution in [0.25, 0.3) is 11.1 Å². The largest absolute Gasteiger partial charge is 0.454 e. The number of nitrogens with one attached hydrogen (secondary N) is 1. The first-order chi connectivity index (χ1) is 11.3. The summed E-state index contributed by atoms with van der Waals surface area (Å²) >= 11 is 0. The van der Waals surface area contributed by atoms with Gasteiger partial charge in [-0.1, -0.05) is 35.5 Å². The van der Waals surface area contributed by atoms with Crippen LogP contribution in [0.5, 0.6) is 11.5 Å². The molecule has 4 rings (SSSR count). The number of carbonyl (C=O) groups excluding carboxylic acids is 1. The number of nitrogens with zero attached hydrogens (tertiary/aromatic N) is 1. The molecule has 0 unspecified atom stereocenters. The topological polar surface area (TPSA) is 73.6 Å². The van der Waals surface area contributed by atoms with Gasteiger partial charge in [-0.25, -0.2) is 0 Å². The first-order valence-electron chi connectivity index (χ1n) is 7.02. The minimum absolute atomic E-state index is 0.167. The van der Waals surface area contributed by atoms with Crippen molar-refractivity contribution in [2.75, 3.05) is 12.1 Å². The van der Waals surface area contributed by atoms with E-state index in [0.717, 1.165) is 11.1 Å². The van der Waals surface area contributed by atoms with Crippen molar-refractivity contribution >= 4 is 11.8 Å². The normalized spacial score (nSPS) is 12.2. The van der Waals surface area contributed by atoms with Crippen LogP contribution < -0.4 is 14.8 Å². The maximum absolute atomic E-state index is 12.4. The Kier molecular flexibility index (Phi) is 3.20. The predicted octanol–water partition coefficient (Wildman–Crippen LogP) is 3.32. The fraction of sp³-hybridized carbons (Fsp3) is 0.0588. The molecule has 1 aliphatic heterocycles. The van der Waals surface area contributed by atoms with E-state index in [0.29, 0.717) is 22.9 Å². The minimum atomic E-state index is -0.308. The Morgan fingerprint density at radius 2 is 1.87 bits per heavy atom. The van der Waals surface area contributed by atoms with Gasteiger partial charge >= 0.3 is 0 Å². The molecule has 1 amide bonds. The molecule has 1 aliphatic rings. The Balaban J connectivity index is 1.59. The fourth-order valence-electron chi connectivity index (χ4n) is 2.37.